The van der Waals surface area contributed by atoms with Crippen LogP contribution in [0.2, 0.25) is 0 Å². The zero-order chi connectivity index (χ0) is 18.8. The fourth-order valence-electron chi connectivity index (χ4n) is 2.89. The molecule has 0 radical (unpaired) electrons. The third kappa shape index (κ3) is 2.85. The monoisotopic (exact) mass is 359 g/mol. The lowest BCUT2D eigenvalue weighted by molar-refractivity contribution is 0.111. The first-order valence-electron chi connectivity index (χ1n) is 7.62. The van der Waals surface area contributed by atoms with Gasteiger partial charge in [0, 0.05) is 17.2 Å². The lowest BCUT2D eigenvalue weighted by Crippen LogP contribution is -2.25. The van der Waals surface area contributed by atoms with Crippen LogP contribution in [0.4, 0.5) is 10.5 Å². The van der Waals surface area contributed by atoms with E-state index < -0.39 is 12.2 Å². The van der Waals surface area contributed by atoms with E-state index >= 15 is 0 Å². The number of ether oxygens (including phenoxy) is 4. The van der Waals surface area contributed by atoms with Crippen LogP contribution in [-0.4, -0.2) is 38.8 Å². The number of carbonyl (C=O) groups is 2. The van der Waals surface area contributed by atoms with E-state index in [1.54, 1.807) is 12.1 Å². The summed E-state index contributed by atoms with van der Waals surface area (Å²) in [5.74, 6) is 0.711. The molecule has 136 valence electrons. The highest BCUT2D eigenvalue weighted by Crippen LogP contribution is 2.43. The molecule has 1 heterocycles. The third-order valence-corrected chi connectivity index (χ3v) is 4.05. The van der Waals surface area contributed by atoms with E-state index in [1.165, 1.54) is 33.5 Å². The second-order valence-electron chi connectivity index (χ2n) is 5.49. The van der Waals surface area contributed by atoms with Gasteiger partial charge in [0.1, 0.15) is 0 Å². The molecule has 0 saturated heterocycles. The molecule has 1 unspecified atom stereocenters. The van der Waals surface area contributed by atoms with Gasteiger partial charge in [-0.05, 0) is 18.2 Å². The number of cyclic esters (lactones) is 1. The quantitative estimate of drug-likeness (QED) is 0.625. The Balaban J connectivity index is 2.18. The summed E-state index contributed by atoms with van der Waals surface area (Å²) in [6, 6.07) is 6.10. The molecule has 0 spiro atoms. The number of rotatable bonds is 5. The van der Waals surface area contributed by atoms with E-state index in [2.05, 4.69) is 5.32 Å². The maximum Gasteiger partial charge on any atom is 0.412 e. The molecule has 1 aliphatic heterocycles. The number of amides is 1. The number of aromatic hydroxyl groups is 1. The van der Waals surface area contributed by atoms with Gasteiger partial charge in [-0.3, -0.25) is 10.1 Å². The summed E-state index contributed by atoms with van der Waals surface area (Å²) in [6.07, 6.45) is -0.896. The lowest BCUT2D eigenvalue weighted by atomic mass is 9.96. The molecule has 2 N–H and O–H groups in total. The maximum absolute atomic E-state index is 12.0. The van der Waals surface area contributed by atoms with Crippen molar-refractivity contribution in [3.8, 4) is 23.0 Å². The average Bonchev–Trinajstić information content (AvgIpc) is 2.65. The zero-order valence-electron chi connectivity index (χ0n) is 14.4. The Kier molecular flexibility index (Phi) is 4.57. The van der Waals surface area contributed by atoms with Gasteiger partial charge in [0.15, 0.2) is 35.4 Å². The van der Waals surface area contributed by atoms with Crippen molar-refractivity contribution < 1.29 is 33.6 Å². The standard InChI is InChI=1S/C18H17NO7/c1-23-14-7-12-11(6-13(14)21)16(26-18(22)19-12)9-4-10(8-20)17(25-3)15(5-9)24-2/h4-8,16,21H,1-3H3,(H,19,22). The van der Waals surface area contributed by atoms with Gasteiger partial charge in [-0.1, -0.05) is 0 Å². The SMILES string of the molecule is COc1cc2c(cc1O)C(c1cc(C=O)c(OC)c(OC)c1)OC(=O)N2. The number of carbonyl (C=O) groups excluding carboxylic acids is 2. The van der Waals surface area contributed by atoms with Gasteiger partial charge in [0.2, 0.25) is 0 Å². The first-order valence-corrected chi connectivity index (χ1v) is 7.62. The van der Waals surface area contributed by atoms with E-state index in [9.17, 15) is 14.7 Å². The number of hydrogen-bond acceptors (Lipinski definition) is 7. The number of benzene rings is 2. The molecule has 1 amide bonds. The highest BCUT2D eigenvalue weighted by molar-refractivity contribution is 5.90. The van der Waals surface area contributed by atoms with Crippen LogP contribution in [-0.2, 0) is 4.74 Å². The minimum Gasteiger partial charge on any atom is -0.504 e. The zero-order valence-corrected chi connectivity index (χ0v) is 14.4. The molecule has 0 fully saturated rings. The molecule has 1 atom stereocenters. The molecule has 2 aromatic carbocycles. The van der Waals surface area contributed by atoms with Gasteiger partial charge in [-0.25, -0.2) is 4.79 Å². The van der Waals surface area contributed by atoms with Crippen molar-refractivity contribution in [3.05, 3.63) is 41.0 Å². The highest BCUT2D eigenvalue weighted by Gasteiger charge is 2.31. The Labute approximate surface area is 149 Å². The smallest absolute Gasteiger partial charge is 0.412 e. The largest absolute Gasteiger partial charge is 0.504 e. The summed E-state index contributed by atoms with van der Waals surface area (Å²) in [4.78, 5) is 23.4. The summed E-state index contributed by atoms with van der Waals surface area (Å²) < 4.78 is 20.9. The van der Waals surface area contributed by atoms with E-state index in [0.29, 0.717) is 28.8 Å². The Morgan fingerprint density at radius 1 is 1.08 bits per heavy atom. The summed E-state index contributed by atoms with van der Waals surface area (Å²) in [5, 5.41) is 12.7. The number of fused-ring (bicyclic) bond motifs is 1. The van der Waals surface area contributed by atoms with Gasteiger partial charge < -0.3 is 24.1 Å². The molecule has 2 aromatic rings. The summed E-state index contributed by atoms with van der Waals surface area (Å²) >= 11 is 0. The Morgan fingerprint density at radius 3 is 2.42 bits per heavy atom. The fraction of sp³-hybridized carbons (Fsp3) is 0.222. The first kappa shape index (κ1) is 17.4. The van der Waals surface area contributed by atoms with Crippen LogP contribution in [0.25, 0.3) is 0 Å². The maximum atomic E-state index is 12.0. The highest BCUT2D eigenvalue weighted by atomic mass is 16.6. The number of aldehydes is 1. The van der Waals surface area contributed by atoms with Crippen LogP contribution >= 0.6 is 0 Å². The van der Waals surface area contributed by atoms with Crippen molar-refractivity contribution in [2.75, 3.05) is 26.6 Å². The molecule has 0 aliphatic carbocycles. The van der Waals surface area contributed by atoms with Gasteiger partial charge in [-0.15, -0.1) is 0 Å². The first-order chi connectivity index (χ1) is 12.5. The van der Waals surface area contributed by atoms with Crippen LogP contribution in [0.15, 0.2) is 24.3 Å². The molecule has 26 heavy (non-hydrogen) atoms. The van der Waals surface area contributed by atoms with Crippen LogP contribution in [0.3, 0.4) is 0 Å². The van der Waals surface area contributed by atoms with Crippen molar-refractivity contribution in [3.63, 3.8) is 0 Å². The minimum atomic E-state index is -0.853. The second-order valence-corrected chi connectivity index (χ2v) is 5.49. The average molecular weight is 359 g/mol. The normalized spacial score (nSPS) is 15.3. The van der Waals surface area contributed by atoms with E-state index in [0.717, 1.165) is 0 Å². The van der Waals surface area contributed by atoms with Gasteiger partial charge in [-0.2, -0.15) is 0 Å². The lowest BCUT2D eigenvalue weighted by Gasteiger charge is -2.28. The van der Waals surface area contributed by atoms with Crippen molar-refractivity contribution in [2.24, 2.45) is 0 Å². The third-order valence-electron chi connectivity index (χ3n) is 4.05. The minimum absolute atomic E-state index is 0.105. The molecule has 0 bridgehead atoms. The summed E-state index contributed by atoms with van der Waals surface area (Å²) in [5.41, 5.74) is 1.68. The molecule has 1 aliphatic rings. The van der Waals surface area contributed by atoms with E-state index in [4.69, 9.17) is 18.9 Å². The Bertz CT molecular complexity index is 878. The van der Waals surface area contributed by atoms with Crippen LogP contribution in [0.1, 0.15) is 27.6 Å². The number of nitrogens with one attached hydrogen (secondary N) is 1. The Morgan fingerprint density at radius 2 is 1.81 bits per heavy atom. The number of phenols is 1. The fourth-order valence-corrected chi connectivity index (χ4v) is 2.89. The molecular weight excluding hydrogens is 342 g/mol. The topological polar surface area (TPSA) is 103 Å². The van der Waals surface area contributed by atoms with Gasteiger partial charge >= 0.3 is 6.09 Å². The molecule has 0 saturated carbocycles. The molecule has 0 aromatic heterocycles. The van der Waals surface area contributed by atoms with Crippen molar-refractivity contribution in [1.82, 2.24) is 0 Å². The van der Waals surface area contributed by atoms with E-state index in [1.807, 2.05) is 0 Å². The second kappa shape index (κ2) is 6.83. The van der Waals surface area contributed by atoms with Crippen LogP contribution < -0.4 is 19.5 Å². The molecule has 8 heteroatoms. The number of anilines is 1. The van der Waals surface area contributed by atoms with E-state index in [-0.39, 0.29) is 22.8 Å². The number of phenolic OH excluding ortho intramolecular Hbond substituents is 1. The number of methoxy groups -OCH3 is 3. The van der Waals surface area contributed by atoms with Gasteiger partial charge in [0.25, 0.3) is 0 Å². The van der Waals surface area contributed by atoms with Crippen molar-refractivity contribution >= 4 is 18.1 Å². The number of hydrogen-bond donors (Lipinski definition) is 2. The Hall–Kier alpha value is -3.42. The van der Waals surface area contributed by atoms with Crippen molar-refractivity contribution in [2.45, 2.75) is 6.10 Å². The predicted molar refractivity (Wildman–Crippen MR) is 91.5 cm³/mol. The van der Waals surface area contributed by atoms with Crippen LogP contribution in [0.5, 0.6) is 23.0 Å². The summed E-state index contributed by atoms with van der Waals surface area (Å²) in [7, 11) is 4.27. The molecule has 3 rings (SSSR count). The van der Waals surface area contributed by atoms with Crippen molar-refractivity contribution in [1.29, 1.82) is 0 Å². The predicted octanol–water partition coefficient (Wildman–Crippen LogP) is 2.88. The van der Waals surface area contributed by atoms with Crippen LogP contribution in [0, 0.1) is 0 Å². The molecular formula is C18H17NO7. The summed E-state index contributed by atoms with van der Waals surface area (Å²) in [6.45, 7) is 0. The van der Waals surface area contributed by atoms with Gasteiger partial charge in [0.05, 0.1) is 32.6 Å². The molecule has 8 nitrogen and oxygen atoms in total.